The number of rotatable bonds is 4. The SMILES string of the molecule is Cc1nc(N(C)Cc2ccoc2)ccc1CN. The third-order valence-corrected chi connectivity index (χ3v) is 2.79. The molecule has 0 atom stereocenters. The lowest BCUT2D eigenvalue weighted by atomic mass is 10.2. The van der Waals surface area contributed by atoms with Gasteiger partial charge in [-0.25, -0.2) is 4.98 Å². The molecule has 4 heteroatoms. The van der Waals surface area contributed by atoms with Crippen LogP contribution < -0.4 is 10.6 Å². The van der Waals surface area contributed by atoms with Gasteiger partial charge in [0.2, 0.25) is 0 Å². The first-order valence-electron chi connectivity index (χ1n) is 5.59. The molecule has 2 rings (SSSR count). The van der Waals surface area contributed by atoms with Crippen LogP contribution in [0.2, 0.25) is 0 Å². The molecule has 4 nitrogen and oxygen atoms in total. The van der Waals surface area contributed by atoms with Crippen LogP contribution in [0.25, 0.3) is 0 Å². The fourth-order valence-electron chi connectivity index (χ4n) is 1.74. The number of hydrogen-bond acceptors (Lipinski definition) is 4. The molecule has 2 heterocycles. The van der Waals surface area contributed by atoms with Gasteiger partial charge in [-0.05, 0) is 24.6 Å². The fraction of sp³-hybridized carbons (Fsp3) is 0.308. The predicted octanol–water partition coefficient (Wildman–Crippen LogP) is 2.08. The van der Waals surface area contributed by atoms with E-state index in [2.05, 4.69) is 9.88 Å². The molecule has 2 aromatic rings. The summed E-state index contributed by atoms with van der Waals surface area (Å²) < 4.78 is 5.05. The van der Waals surface area contributed by atoms with Gasteiger partial charge in [-0.2, -0.15) is 0 Å². The van der Waals surface area contributed by atoms with Crippen LogP contribution in [0.15, 0.2) is 35.1 Å². The molecule has 0 saturated carbocycles. The molecule has 90 valence electrons. The molecule has 0 bridgehead atoms. The van der Waals surface area contributed by atoms with Gasteiger partial charge in [0.1, 0.15) is 5.82 Å². The summed E-state index contributed by atoms with van der Waals surface area (Å²) in [4.78, 5) is 6.62. The van der Waals surface area contributed by atoms with Crippen molar-refractivity contribution in [1.82, 2.24) is 4.98 Å². The average Bonchev–Trinajstić information content (AvgIpc) is 2.81. The second kappa shape index (κ2) is 5.01. The van der Waals surface area contributed by atoms with E-state index in [1.54, 1.807) is 12.5 Å². The van der Waals surface area contributed by atoms with Gasteiger partial charge in [-0.15, -0.1) is 0 Å². The van der Waals surface area contributed by atoms with Crippen molar-refractivity contribution in [2.75, 3.05) is 11.9 Å². The Morgan fingerprint density at radius 1 is 1.35 bits per heavy atom. The third-order valence-electron chi connectivity index (χ3n) is 2.79. The van der Waals surface area contributed by atoms with Gasteiger partial charge in [0, 0.05) is 31.4 Å². The van der Waals surface area contributed by atoms with E-state index in [9.17, 15) is 0 Å². The number of hydrogen-bond donors (Lipinski definition) is 1. The second-order valence-electron chi connectivity index (χ2n) is 4.11. The molecule has 0 amide bonds. The molecule has 0 fully saturated rings. The summed E-state index contributed by atoms with van der Waals surface area (Å²) in [6.45, 7) is 3.30. The van der Waals surface area contributed by atoms with Crippen LogP contribution in [-0.4, -0.2) is 12.0 Å². The van der Waals surface area contributed by atoms with Gasteiger partial charge >= 0.3 is 0 Å². The molecule has 0 unspecified atom stereocenters. The summed E-state index contributed by atoms with van der Waals surface area (Å²) in [6.07, 6.45) is 3.43. The Bertz CT molecular complexity index is 479. The minimum absolute atomic E-state index is 0.532. The van der Waals surface area contributed by atoms with Crippen LogP contribution in [0.4, 0.5) is 5.82 Å². The zero-order valence-electron chi connectivity index (χ0n) is 10.2. The normalized spacial score (nSPS) is 10.5. The van der Waals surface area contributed by atoms with Crippen molar-refractivity contribution < 1.29 is 4.42 Å². The van der Waals surface area contributed by atoms with Crippen LogP contribution >= 0.6 is 0 Å². The van der Waals surface area contributed by atoms with E-state index >= 15 is 0 Å². The highest BCUT2D eigenvalue weighted by atomic mass is 16.3. The van der Waals surface area contributed by atoms with Crippen LogP contribution in [0.1, 0.15) is 16.8 Å². The van der Waals surface area contributed by atoms with Crippen molar-refractivity contribution in [3.8, 4) is 0 Å². The molecule has 0 aliphatic heterocycles. The Labute approximate surface area is 101 Å². The number of anilines is 1. The van der Waals surface area contributed by atoms with E-state index in [4.69, 9.17) is 10.2 Å². The lowest BCUT2D eigenvalue weighted by molar-refractivity contribution is 0.563. The lowest BCUT2D eigenvalue weighted by Gasteiger charge is -2.18. The van der Waals surface area contributed by atoms with Crippen molar-refractivity contribution in [3.05, 3.63) is 47.5 Å². The molecular formula is C13H17N3O. The number of aryl methyl sites for hydroxylation is 1. The Kier molecular flexibility index (Phi) is 3.44. The van der Waals surface area contributed by atoms with Gasteiger partial charge in [0.15, 0.2) is 0 Å². The third kappa shape index (κ3) is 2.65. The molecule has 0 aliphatic rings. The highest BCUT2D eigenvalue weighted by Gasteiger charge is 2.06. The van der Waals surface area contributed by atoms with Gasteiger partial charge in [0.25, 0.3) is 0 Å². The zero-order chi connectivity index (χ0) is 12.3. The number of nitrogens with two attached hydrogens (primary N) is 1. The zero-order valence-corrected chi connectivity index (χ0v) is 10.2. The van der Waals surface area contributed by atoms with E-state index in [0.29, 0.717) is 6.54 Å². The van der Waals surface area contributed by atoms with Crippen molar-refractivity contribution in [1.29, 1.82) is 0 Å². The second-order valence-corrected chi connectivity index (χ2v) is 4.11. The highest BCUT2D eigenvalue weighted by molar-refractivity contribution is 5.41. The van der Waals surface area contributed by atoms with Crippen molar-refractivity contribution in [2.45, 2.75) is 20.0 Å². The molecule has 0 radical (unpaired) electrons. The summed E-state index contributed by atoms with van der Waals surface area (Å²) in [7, 11) is 2.01. The Morgan fingerprint density at radius 3 is 2.76 bits per heavy atom. The Balaban J connectivity index is 2.14. The molecule has 0 spiro atoms. The highest BCUT2D eigenvalue weighted by Crippen LogP contribution is 2.15. The van der Waals surface area contributed by atoms with Gasteiger partial charge in [-0.1, -0.05) is 6.07 Å². The molecular weight excluding hydrogens is 214 g/mol. The Hall–Kier alpha value is -1.81. The minimum Gasteiger partial charge on any atom is -0.472 e. The topological polar surface area (TPSA) is 55.3 Å². The van der Waals surface area contributed by atoms with E-state index in [-0.39, 0.29) is 0 Å². The first kappa shape index (κ1) is 11.7. The average molecular weight is 231 g/mol. The van der Waals surface area contributed by atoms with E-state index in [1.807, 2.05) is 32.2 Å². The maximum Gasteiger partial charge on any atom is 0.128 e. The number of pyridine rings is 1. The molecule has 0 saturated heterocycles. The summed E-state index contributed by atoms with van der Waals surface area (Å²) in [5, 5.41) is 0. The van der Waals surface area contributed by atoms with Crippen LogP contribution in [0.5, 0.6) is 0 Å². The Morgan fingerprint density at radius 2 is 2.18 bits per heavy atom. The minimum atomic E-state index is 0.532. The number of furan rings is 1. The number of nitrogens with zero attached hydrogens (tertiary/aromatic N) is 2. The smallest absolute Gasteiger partial charge is 0.128 e. The number of aromatic nitrogens is 1. The maximum absolute atomic E-state index is 5.62. The maximum atomic E-state index is 5.62. The van der Waals surface area contributed by atoms with Crippen LogP contribution in [0.3, 0.4) is 0 Å². The van der Waals surface area contributed by atoms with Crippen molar-refractivity contribution in [2.24, 2.45) is 5.73 Å². The lowest BCUT2D eigenvalue weighted by Crippen LogP contribution is -2.18. The summed E-state index contributed by atoms with van der Waals surface area (Å²) in [5.74, 6) is 0.945. The molecule has 2 N–H and O–H groups in total. The van der Waals surface area contributed by atoms with E-state index < -0.39 is 0 Å². The summed E-state index contributed by atoms with van der Waals surface area (Å²) in [6, 6.07) is 5.98. The predicted molar refractivity (Wildman–Crippen MR) is 67.7 cm³/mol. The summed E-state index contributed by atoms with van der Waals surface area (Å²) in [5.41, 5.74) is 8.83. The van der Waals surface area contributed by atoms with Crippen molar-refractivity contribution in [3.63, 3.8) is 0 Å². The van der Waals surface area contributed by atoms with Gasteiger partial charge in [-0.3, -0.25) is 0 Å². The van der Waals surface area contributed by atoms with Crippen LogP contribution in [0, 0.1) is 6.92 Å². The van der Waals surface area contributed by atoms with Gasteiger partial charge < -0.3 is 15.1 Å². The summed E-state index contributed by atoms with van der Waals surface area (Å²) >= 11 is 0. The largest absolute Gasteiger partial charge is 0.472 e. The monoisotopic (exact) mass is 231 g/mol. The van der Waals surface area contributed by atoms with Crippen LogP contribution in [-0.2, 0) is 13.1 Å². The standard InChI is InChI=1S/C13H17N3O/c1-10-12(7-14)3-4-13(15-10)16(2)8-11-5-6-17-9-11/h3-6,9H,7-8,14H2,1-2H3. The fourth-order valence-corrected chi connectivity index (χ4v) is 1.74. The molecule has 0 aliphatic carbocycles. The molecule has 0 aromatic carbocycles. The molecule has 17 heavy (non-hydrogen) atoms. The molecule has 2 aromatic heterocycles. The van der Waals surface area contributed by atoms with E-state index in [0.717, 1.165) is 29.2 Å². The van der Waals surface area contributed by atoms with E-state index in [1.165, 1.54) is 0 Å². The van der Waals surface area contributed by atoms with Gasteiger partial charge in [0.05, 0.1) is 12.5 Å². The first-order chi connectivity index (χ1) is 8.20. The first-order valence-corrected chi connectivity index (χ1v) is 5.59. The van der Waals surface area contributed by atoms with Crippen molar-refractivity contribution >= 4 is 5.82 Å². The quantitative estimate of drug-likeness (QED) is 0.875.